The van der Waals surface area contributed by atoms with E-state index in [0.717, 1.165) is 16.9 Å². The predicted octanol–water partition coefficient (Wildman–Crippen LogP) is 2.90. The van der Waals surface area contributed by atoms with Gasteiger partial charge in [-0.2, -0.15) is 13.2 Å². The molecule has 0 bridgehead atoms. The Morgan fingerprint density at radius 2 is 1.75 bits per heavy atom. The lowest BCUT2D eigenvalue weighted by molar-refractivity contribution is -0.188. The summed E-state index contributed by atoms with van der Waals surface area (Å²) in [6.07, 6.45) is -3.22. The van der Waals surface area contributed by atoms with Crippen molar-refractivity contribution < 1.29 is 27.9 Å². The molecule has 4 nitrogen and oxygen atoms in total. The number of carbonyl (C=O) groups is 2. The zero-order valence-electron chi connectivity index (χ0n) is 13.3. The van der Waals surface area contributed by atoms with Crippen molar-refractivity contribution in [2.24, 2.45) is 11.8 Å². The van der Waals surface area contributed by atoms with Gasteiger partial charge in [-0.1, -0.05) is 31.2 Å². The maximum absolute atomic E-state index is 12.9. The van der Waals surface area contributed by atoms with E-state index < -0.39 is 36.4 Å². The lowest BCUT2D eigenvalue weighted by Gasteiger charge is -2.18. The number of halogens is 3. The van der Waals surface area contributed by atoms with Crippen LogP contribution in [0.25, 0.3) is 0 Å². The third-order valence-corrected chi connectivity index (χ3v) is 4.47. The summed E-state index contributed by atoms with van der Waals surface area (Å²) in [6, 6.07) is 7.70. The molecule has 7 heteroatoms. The summed E-state index contributed by atoms with van der Waals surface area (Å²) in [5, 5.41) is 8.97. The number of hydrogen-bond acceptors (Lipinski definition) is 2. The predicted molar refractivity (Wildman–Crippen MR) is 81.4 cm³/mol. The summed E-state index contributed by atoms with van der Waals surface area (Å²) in [7, 11) is 0. The molecule has 1 fully saturated rings. The minimum Gasteiger partial charge on any atom is -0.481 e. The maximum atomic E-state index is 12.9. The Bertz CT molecular complexity index is 598. The second-order valence-electron chi connectivity index (χ2n) is 6.06. The Morgan fingerprint density at radius 3 is 2.21 bits per heavy atom. The first-order chi connectivity index (χ1) is 11.2. The van der Waals surface area contributed by atoms with Gasteiger partial charge in [-0.25, -0.2) is 0 Å². The average molecular weight is 343 g/mol. The molecule has 0 spiro atoms. The number of likely N-dealkylation sites (tertiary alicyclic amines) is 1. The normalized spacial score (nSPS) is 21.1. The lowest BCUT2D eigenvalue weighted by atomic mass is 9.96. The number of hydrogen-bond donors (Lipinski definition) is 1. The van der Waals surface area contributed by atoms with Gasteiger partial charge < -0.3 is 10.0 Å². The number of rotatable bonds is 5. The van der Waals surface area contributed by atoms with E-state index in [0.29, 0.717) is 6.42 Å². The molecule has 0 aliphatic carbocycles. The summed E-state index contributed by atoms with van der Waals surface area (Å²) in [6.45, 7) is 1.07. The van der Waals surface area contributed by atoms with Gasteiger partial charge in [-0.15, -0.1) is 0 Å². The number of carbonyl (C=O) groups excluding carboxylic acids is 1. The molecule has 2 atom stereocenters. The zero-order valence-corrected chi connectivity index (χ0v) is 13.3. The second kappa shape index (κ2) is 7.23. The molecule has 1 saturated heterocycles. The largest absolute Gasteiger partial charge is 0.481 e. The monoisotopic (exact) mass is 343 g/mol. The number of nitrogens with zero attached hydrogens (tertiary/aromatic N) is 1. The van der Waals surface area contributed by atoms with Crippen molar-refractivity contribution in [1.29, 1.82) is 0 Å². The maximum Gasteiger partial charge on any atom is 0.394 e. The standard InChI is InChI=1S/C17H20F3NO3/c1-2-11-3-5-12(6-4-11)7-8-15(22)21-9-13(16(23)24)14(10-21)17(18,19)20/h3-6,13-14H,2,7-10H2,1H3,(H,23,24)/t13-,14-/m1/s1. The average Bonchev–Trinajstić information content (AvgIpc) is 2.99. The van der Waals surface area contributed by atoms with Gasteiger partial charge in [-0.3, -0.25) is 9.59 Å². The van der Waals surface area contributed by atoms with Gasteiger partial charge in [0.1, 0.15) is 0 Å². The highest BCUT2D eigenvalue weighted by molar-refractivity contribution is 5.79. The quantitative estimate of drug-likeness (QED) is 0.894. The van der Waals surface area contributed by atoms with Gasteiger partial charge in [0.2, 0.25) is 5.91 Å². The van der Waals surface area contributed by atoms with E-state index in [-0.39, 0.29) is 13.0 Å². The first kappa shape index (κ1) is 18.3. The number of carboxylic acid groups (broad SMARTS) is 1. The lowest BCUT2D eigenvalue weighted by Crippen LogP contribution is -2.34. The summed E-state index contributed by atoms with van der Waals surface area (Å²) < 4.78 is 38.8. The minimum absolute atomic E-state index is 0.0718. The molecule has 1 aromatic rings. The molecular formula is C17H20F3NO3. The molecule has 0 unspecified atom stereocenters. The van der Waals surface area contributed by atoms with Crippen LogP contribution in [0.2, 0.25) is 0 Å². The van der Waals surface area contributed by atoms with Crippen LogP contribution in [0.5, 0.6) is 0 Å². The fourth-order valence-corrected chi connectivity index (χ4v) is 2.94. The van der Waals surface area contributed by atoms with Crippen LogP contribution in [0, 0.1) is 11.8 Å². The van der Waals surface area contributed by atoms with E-state index in [1.807, 2.05) is 31.2 Å². The fraction of sp³-hybridized carbons (Fsp3) is 0.529. The van der Waals surface area contributed by atoms with E-state index in [9.17, 15) is 22.8 Å². The fourth-order valence-electron chi connectivity index (χ4n) is 2.94. The number of alkyl halides is 3. The number of amides is 1. The van der Waals surface area contributed by atoms with Crippen molar-refractivity contribution in [2.75, 3.05) is 13.1 Å². The molecule has 132 valence electrons. The molecule has 1 aliphatic rings. The van der Waals surface area contributed by atoms with Crippen LogP contribution in [-0.4, -0.2) is 41.1 Å². The minimum atomic E-state index is -4.62. The van der Waals surface area contributed by atoms with Crippen molar-refractivity contribution in [1.82, 2.24) is 4.90 Å². The summed E-state index contributed by atoms with van der Waals surface area (Å²) in [5.74, 6) is -5.53. The van der Waals surface area contributed by atoms with Gasteiger partial charge in [0, 0.05) is 19.5 Å². The number of aryl methyl sites for hydroxylation is 2. The topological polar surface area (TPSA) is 57.6 Å². The van der Waals surface area contributed by atoms with Gasteiger partial charge in [0.25, 0.3) is 0 Å². The number of aliphatic carboxylic acids is 1. The van der Waals surface area contributed by atoms with Gasteiger partial charge in [-0.05, 0) is 24.0 Å². The second-order valence-corrected chi connectivity index (χ2v) is 6.06. The van der Waals surface area contributed by atoms with Crippen molar-refractivity contribution in [3.8, 4) is 0 Å². The number of benzene rings is 1. The summed E-state index contributed by atoms with van der Waals surface area (Å²) in [5.41, 5.74) is 2.10. The molecule has 0 radical (unpaired) electrons. The third kappa shape index (κ3) is 4.27. The third-order valence-electron chi connectivity index (χ3n) is 4.47. The Kier molecular flexibility index (Phi) is 5.51. The van der Waals surface area contributed by atoms with E-state index in [1.165, 1.54) is 5.56 Å². The Hall–Kier alpha value is -2.05. The van der Waals surface area contributed by atoms with Crippen LogP contribution in [-0.2, 0) is 22.4 Å². The van der Waals surface area contributed by atoms with E-state index in [4.69, 9.17) is 5.11 Å². The Morgan fingerprint density at radius 1 is 1.17 bits per heavy atom. The van der Waals surface area contributed by atoms with Crippen LogP contribution >= 0.6 is 0 Å². The van der Waals surface area contributed by atoms with Crippen LogP contribution in [0.15, 0.2) is 24.3 Å². The highest BCUT2D eigenvalue weighted by Crippen LogP contribution is 2.37. The molecule has 1 heterocycles. The molecule has 0 saturated carbocycles. The molecule has 1 aromatic carbocycles. The van der Waals surface area contributed by atoms with E-state index >= 15 is 0 Å². The molecule has 1 amide bonds. The van der Waals surface area contributed by atoms with Crippen LogP contribution in [0.4, 0.5) is 13.2 Å². The molecular weight excluding hydrogens is 323 g/mol. The summed E-state index contributed by atoms with van der Waals surface area (Å²) in [4.78, 5) is 24.2. The van der Waals surface area contributed by atoms with Gasteiger partial charge in [0.15, 0.2) is 0 Å². The van der Waals surface area contributed by atoms with E-state index in [1.54, 1.807) is 0 Å². The van der Waals surface area contributed by atoms with E-state index in [2.05, 4.69) is 0 Å². The molecule has 1 N–H and O–H groups in total. The number of carboxylic acids is 1. The van der Waals surface area contributed by atoms with Gasteiger partial charge in [0.05, 0.1) is 11.8 Å². The zero-order chi connectivity index (χ0) is 17.9. The van der Waals surface area contributed by atoms with Crippen molar-refractivity contribution in [3.05, 3.63) is 35.4 Å². The molecule has 0 aromatic heterocycles. The SMILES string of the molecule is CCc1ccc(CCC(=O)N2C[C@@H](C(F)(F)F)[C@H](C(=O)O)C2)cc1. The first-order valence-electron chi connectivity index (χ1n) is 7.87. The Balaban J connectivity index is 1.96. The molecule has 24 heavy (non-hydrogen) atoms. The molecule has 1 aliphatic heterocycles. The molecule has 2 rings (SSSR count). The van der Waals surface area contributed by atoms with Gasteiger partial charge >= 0.3 is 12.1 Å². The van der Waals surface area contributed by atoms with Crippen molar-refractivity contribution in [2.45, 2.75) is 32.4 Å². The highest BCUT2D eigenvalue weighted by Gasteiger charge is 2.53. The first-order valence-corrected chi connectivity index (χ1v) is 7.87. The smallest absolute Gasteiger partial charge is 0.394 e. The van der Waals surface area contributed by atoms with Crippen LogP contribution < -0.4 is 0 Å². The van der Waals surface area contributed by atoms with Crippen LogP contribution in [0.3, 0.4) is 0 Å². The van der Waals surface area contributed by atoms with Crippen molar-refractivity contribution >= 4 is 11.9 Å². The van der Waals surface area contributed by atoms with Crippen molar-refractivity contribution in [3.63, 3.8) is 0 Å². The highest BCUT2D eigenvalue weighted by atomic mass is 19.4. The summed E-state index contributed by atoms with van der Waals surface area (Å²) >= 11 is 0. The van der Waals surface area contributed by atoms with Crippen LogP contribution in [0.1, 0.15) is 24.5 Å². The Labute approximate surface area is 138 Å².